The van der Waals surface area contributed by atoms with E-state index in [-0.39, 0.29) is 22.6 Å². The first-order valence-electron chi connectivity index (χ1n) is 10.7. The quantitative estimate of drug-likeness (QED) is 0.452. The van der Waals surface area contributed by atoms with Crippen LogP contribution in [0.25, 0.3) is 0 Å². The van der Waals surface area contributed by atoms with E-state index >= 15 is 0 Å². The molecule has 0 radical (unpaired) electrons. The van der Waals surface area contributed by atoms with Gasteiger partial charge in [0.25, 0.3) is 11.6 Å². The van der Waals surface area contributed by atoms with Crippen molar-refractivity contribution in [2.75, 3.05) is 36.4 Å². The zero-order valence-electron chi connectivity index (χ0n) is 18.0. The summed E-state index contributed by atoms with van der Waals surface area (Å²) in [7, 11) is 0. The summed E-state index contributed by atoms with van der Waals surface area (Å²) in [5, 5.41) is 14.9. The minimum absolute atomic E-state index is 0.0352. The minimum Gasteiger partial charge on any atom is -0.373 e. The van der Waals surface area contributed by atoms with Crippen LogP contribution in [-0.4, -0.2) is 41.9 Å². The van der Waals surface area contributed by atoms with E-state index in [4.69, 9.17) is 0 Å². The first-order chi connectivity index (χ1) is 15.5. The Morgan fingerprint density at radius 2 is 1.56 bits per heavy atom. The number of nitro groups is 1. The van der Waals surface area contributed by atoms with Gasteiger partial charge >= 0.3 is 0 Å². The molecule has 32 heavy (non-hydrogen) atoms. The number of benzene rings is 3. The third kappa shape index (κ3) is 4.72. The van der Waals surface area contributed by atoms with Crippen LogP contribution in [0.1, 0.15) is 28.9 Å². The molecule has 0 unspecified atom stereocenters. The van der Waals surface area contributed by atoms with Gasteiger partial charge in [0.1, 0.15) is 5.69 Å². The van der Waals surface area contributed by atoms with Crippen molar-refractivity contribution in [3.05, 3.63) is 100 Å². The summed E-state index contributed by atoms with van der Waals surface area (Å²) in [6, 6.07) is 24.2. The number of carbonyl (C=O) groups is 1. The second-order valence-electron chi connectivity index (χ2n) is 7.88. The zero-order chi connectivity index (χ0) is 22.5. The van der Waals surface area contributed by atoms with E-state index in [1.165, 1.54) is 0 Å². The molecular formula is C25H26N4O3. The standard InChI is InChI=1S/C25H26N4O3/c1-19(20-8-4-2-5-9-20)26-23-18-22(12-13-24(23)29(31)32)27-14-16-28(17-15-27)25(30)21-10-6-3-7-11-21/h2-13,18-19,26H,14-17H2,1H3/t19-/m0/s1. The van der Waals surface area contributed by atoms with E-state index in [2.05, 4.69) is 10.2 Å². The van der Waals surface area contributed by atoms with Crippen LogP contribution < -0.4 is 10.2 Å². The lowest BCUT2D eigenvalue weighted by molar-refractivity contribution is -0.384. The van der Waals surface area contributed by atoms with E-state index in [1.54, 1.807) is 12.1 Å². The van der Waals surface area contributed by atoms with Gasteiger partial charge < -0.3 is 15.1 Å². The van der Waals surface area contributed by atoms with E-state index in [0.29, 0.717) is 37.4 Å². The highest BCUT2D eigenvalue weighted by atomic mass is 16.6. The summed E-state index contributed by atoms with van der Waals surface area (Å²) in [6.07, 6.45) is 0. The molecule has 1 aliphatic heterocycles. The van der Waals surface area contributed by atoms with Crippen molar-refractivity contribution < 1.29 is 9.72 Å². The van der Waals surface area contributed by atoms with Gasteiger partial charge in [-0.25, -0.2) is 0 Å². The summed E-state index contributed by atoms with van der Waals surface area (Å²) in [5.74, 6) is 0.0352. The molecule has 1 fully saturated rings. The first kappa shape index (κ1) is 21.4. The molecule has 1 amide bonds. The largest absolute Gasteiger partial charge is 0.373 e. The summed E-state index contributed by atoms with van der Waals surface area (Å²) in [6.45, 7) is 4.54. The number of nitrogens with one attached hydrogen (secondary N) is 1. The van der Waals surface area contributed by atoms with Crippen molar-refractivity contribution in [2.45, 2.75) is 13.0 Å². The average molecular weight is 431 g/mol. The number of anilines is 2. The second kappa shape index (κ2) is 9.51. The van der Waals surface area contributed by atoms with Crippen molar-refractivity contribution in [1.29, 1.82) is 0 Å². The van der Waals surface area contributed by atoms with E-state index in [0.717, 1.165) is 11.3 Å². The highest BCUT2D eigenvalue weighted by molar-refractivity contribution is 5.94. The number of hydrogen-bond donors (Lipinski definition) is 1. The topological polar surface area (TPSA) is 78.7 Å². The number of nitro benzene ring substituents is 1. The van der Waals surface area contributed by atoms with Gasteiger partial charge in [0.15, 0.2) is 0 Å². The maximum Gasteiger partial charge on any atom is 0.292 e. The van der Waals surface area contributed by atoms with Crippen LogP contribution in [0, 0.1) is 10.1 Å². The summed E-state index contributed by atoms with van der Waals surface area (Å²) in [5.41, 5.74) is 3.20. The van der Waals surface area contributed by atoms with E-state index < -0.39 is 0 Å². The highest BCUT2D eigenvalue weighted by Crippen LogP contribution is 2.32. The zero-order valence-corrected chi connectivity index (χ0v) is 18.0. The van der Waals surface area contributed by atoms with Gasteiger partial charge in [-0.2, -0.15) is 0 Å². The van der Waals surface area contributed by atoms with Gasteiger partial charge in [-0.05, 0) is 36.8 Å². The molecule has 0 saturated carbocycles. The van der Waals surface area contributed by atoms with Crippen LogP contribution in [0.2, 0.25) is 0 Å². The Bertz CT molecular complexity index is 1080. The maximum absolute atomic E-state index is 12.7. The Hall–Kier alpha value is -3.87. The Labute approximate surface area is 187 Å². The van der Waals surface area contributed by atoms with Crippen molar-refractivity contribution in [3.8, 4) is 0 Å². The Kier molecular flexibility index (Phi) is 6.35. The molecule has 1 N–H and O–H groups in total. The molecule has 3 aromatic carbocycles. The number of rotatable bonds is 6. The van der Waals surface area contributed by atoms with E-state index in [9.17, 15) is 14.9 Å². The highest BCUT2D eigenvalue weighted by Gasteiger charge is 2.24. The van der Waals surface area contributed by atoms with Crippen molar-refractivity contribution >= 4 is 23.0 Å². The van der Waals surface area contributed by atoms with Crippen molar-refractivity contribution in [1.82, 2.24) is 4.90 Å². The second-order valence-corrected chi connectivity index (χ2v) is 7.88. The fourth-order valence-corrected chi connectivity index (χ4v) is 3.98. The fraction of sp³-hybridized carbons (Fsp3) is 0.240. The number of nitrogens with zero attached hydrogens (tertiary/aromatic N) is 3. The minimum atomic E-state index is -0.361. The van der Waals surface area contributed by atoms with Crippen molar-refractivity contribution in [3.63, 3.8) is 0 Å². The molecule has 7 heteroatoms. The number of amides is 1. The Morgan fingerprint density at radius 3 is 2.19 bits per heavy atom. The van der Waals surface area contributed by atoms with Crippen LogP contribution in [0.3, 0.4) is 0 Å². The molecule has 1 atom stereocenters. The lowest BCUT2D eigenvalue weighted by Gasteiger charge is -2.36. The molecule has 0 aliphatic carbocycles. The Balaban J connectivity index is 1.48. The predicted octanol–water partition coefficient (Wildman–Crippen LogP) is 4.73. The lowest BCUT2D eigenvalue weighted by atomic mass is 10.1. The third-order valence-electron chi connectivity index (χ3n) is 5.80. The molecule has 7 nitrogen and oxygen atoms in total. The van der Waals surface area contributed by atoms with Gasteiger partial charge in [-0.3, -0.25) is 14.9 Å². The molecule has 1 aliphatic rings. The first-order valence-corrected chi connectivity index (χ1v) is 10.7. The molecular weight excluding hydrogens is 404 g/mol. The van der Waals surface area contributed by atoms with Gasteiger partial charge in [0, 0.05) is 49.5 Å². The Morgan fingerprint density at radius 1 is 0.938 bits per heavy atom. The van der Waals surface area contributed by atoms with Gasteiger partial charge in [0.2, 0.25) is 0 Å². The van der Waals surface area contributed by atoms with Crippen molar-refractivity contribution in [2.24, 2.45) is 0 Å². The van der Waals surface area contributed by atoms with Crippen LogP contribution >= 0.6 is 0 Å². The third-order valence-corrected chi connectivity index (χ3v) is 5.80. The molecule has 3 aromatic rings. The maximum atomic E-state index is 12.7. The summed E-state index contributed by atoms with van der Waals surface area (Å²) in [4.78, 5) is 27.9. The molecule has 1 heterocycles. The average Bonchev–Trinajstić information content (AvgIpc) is 2.84. The smallest absolute Gasteiger partial charge is 0.292 e. The summed E-state index contributed by atoms with van der Waals surface area (Å²) < 4.78 is 0. The molecule has 1 saturated heterocycles. The lowest BCUT2D eigenvalue weighted by Crippen LogP contribution is -2.48. The van der Waals surface area contributed by atoms with Gasteiger partial charge in [0.05, 0.1) is 4.92 Å². The monoisotopic (exact) mass is 430 g/mol. The number of piperazine rings is 1. The van der Waals surface area contributed by atoms with Gasteiger partial charge in [-0.15, -0.1) is 0 Å². The van der Waals surface area contributed by atoms with Crippen LogP contribution in [0.4, 0.5) is 17.1 Å². The fourth-order valence-electron chi connectivity index (χ4n) is 3.98. The number of hydrogen-bond acceptors (Lipinski definition) is 5. The van der Waals surface area contributed by atoms with Crippen LogP contribution in [0.15, 0.2) is 78.9 Å². The molecule has 0 bridgehead atoms. The molecule has 0 aromatic heterocycles. The van der Waals surface area contributed by atoms with Crippen LogP contribution in [-0.2, 0) is 0 Å². The molecule has 164 valence electrons. The van der Waals surface area contributed by atoms with Gasteiger partial charge in [-0.1, -0.05) is 48.5 Å². The molecule has 4 rings (SSSR count). The summed E-state index contributed by atoms with van der Waals surface area (Å²) >= 11 is 0. The SMILES string of the molecule is C[C@H](Nc1cc(N2CCN(C(=O)c3ccccc3)CC2)ccc1[N+](=O)[O-])c1ccccc1. The predicted molar refractivity (Wildman–Crippen MR) is 126 cm³/mol. The van der Waals surface area contributed by atoms with Crippen LogP contribution in [0.5, 0.6) is 0 Å². The van der Waals surface area contributed by atoms with E-state index in [1.807, 2.05) is 78.6 Å². The number of carbonyl (C=O) groups excluding carboxylic acids is 1. The normalized spacial score (nSPS) is 14.7. The molecule has 0 spiro atoms.